The third-order valence-corrected chi connectivity index (χ3v) is 6.93. The largest absolute Gasteiger partial charge is 0.481 e. The van der Waals surface area contributed by atoms with Crippen molar-refractivity contribution in [2.45, 2.75) is 43.8 Å². The van der Waals surface area contributed by atoms with Crippen LogP contribution in [0.2, 0.25) is 0 Å². The van der Waals surface area contributed by atoms with E-state index in [1.54, 1.807) is 12.4 Å². The summed E-state index contributed by atoms with van der Waals surface area (Å²) in [6.45, 7) is -0.426. The first-order valence-corrected chi connectivity index (χ1v) is 13.3. The molecule has 13 nitrogen and oxygen atoms in total. The number of para-hydroxylation sites is 2. The molecule has 2 aromatic carbocycles. The Morgan fingerprint density at radius 2 is 1.21 bits per heavy atom. The molecule has 3 unspecified atom stereocenters. The van der Waals surface area contributed by atoms with E-state index in [0.717, 1.165) is 21.8 Å². The minimum Gasteiger partial charge on any atom is -0.481 e. The third-order valence-electron chi connectivity index (χ3n) is 6.93. The molecule has 3 amide bonds. The molecule has 0 saturated heterocycles. The zero-order valence-electron chi connectivity index (χ0n) is 22.6. The van der Waals surface area contributed by atoms with Gasteiger partial charge in [0.2, 0.25) is 17.7 Å². The van der Waals surface area contributed by atoms with Crippen LogP contribution in [-0.2, 0) is 36.8 Å². The predicted octanol–water partition coefficient (Wildman–Crippen LogP) is 0.797. The maximum Gasteiger partial charge on any atom is 0.326 e. The van der Waals surface area contributed by atoms with E-state index in [0.29, 0.717) is 11.1 Å². The van der Waals surface area contributed by atoms with Crippen molar-refractivity contribution in [2.24, 2.45) is 5.73 Å². The molecular formula is C29H32N6O7. The Morgan fingerprint density at radius 1 is 0.714 bits per heavy atom. The summed E-state index contributed by atoms with van der Waals surface area (Å²) in [5.41, 5.74) is 8.35. The number of H-pyrrole nitrogens is 2. The number of hydrogen-bond donors (Lipinski definition) is 8. The fraction of sp³-hybridized carbons (Fsp3) is 0.276. The van der Waals surface area contributed by atoms with Crippen LogP contribution in [0, 0.1) is 0 Å². The van der Waals surface area contributed by atoms with E-state index in [1.165, 1.54) is 0 Å². The minimum atomic E-state index is -1.32. The first-order valence-electron chi connectivity index (χ1n) is 13.3. The normalized spacial score (nSPS) is 13.3. The number of aromatic amines is 2. The van der Waals surface area contributed by atoms with Crippen LogP contribution in [0.15, 0.2) is 60.9 Å². The van der Waals surface area contributed by atoms with Crippen molar-refractivity contribution < 1.29 is 34.2 Å². The number of carbonyl (C=O) groups is 5. The number of fused-ring (bicyclic) bond motifs is 2. The molecule has 0 aliphatic rings. The molecule has 2 heterocycles. The lowest BCUT2D eigenvalue weighted by Gasteiger charge is -2.24. The smallest absolute Gasteiger partial charge is 0.326 e. The predicted molar refractivity (Wildman–Crippen MR) is 153 cm³/mol. The summed E-state index contributed by atoms with van der Waals surface area (Å²) >= 11 is 0. The number of rotatable bonds is 14. The van der Waals surface area contributed by atoms with Gasteiger partial charge < -0.3 is 41.9 Å². The number of amides is 3. The standard InChI is InChI=1S/C29H32N6O7/c30-13-25(36)33-22(9-10-26(37)38)27(39)34-23(11-16-14-31-20-7-3-1-5-18(16)20)28(40)35-24(29(41)42)12-17-15-32-21-8-4-2-6-19(17)21/h1-8,14-15,22-24,31-32H,9-13,30H2,(H,33,36)(H,34,39)(H,35,40)(H,37,38)(H,41,42). The molecule has 9 N–H and O–H groups in total. The van der Waals surface area contributed by atoms with E-state index in [2.05, 4.69) is 25.9 Å². The first kappa shape index (κ1) is 29.8. The summed E-state index contributed by atoms with van der Waals surface area (Å²) in [5, 5.41) is 28.2. The molecule has 13 heteroatoms. The van der Waals surface area contributed by atoms with Crippen molar-refractivity contribution >= 4 is 51.5 Å². The Kier molecular flexibility index (Phi) is 9.55. The summed E-state index contributed by atoms with van der Waals surface area (Å²) in [4.78, 5) is 68.4. The third kappa shape index (κ3) is 7.31. The molecule has 0 aliphatic heterocycles. The van der Waals surface area contributed by atoms with Crippen LogP contribution in [-0.4, -0.2) is 74.5 Å². The molecular weight excluding hydrogens is 544 g/mol. The average Bonchev–Trinajstić information content (AvgIpc) is 3.58. The molecule has 0 radical (unpaired) electrons. The van der Waals surface area contributed by atoms with E-state index >= 15 is 0 Å². The zero-order valence-corrected chi connectivity index (χ0v) is 22.6. The molecule has 0 bridgehead atoms. The highest BCUT2D eigenvalue weighted by Gasteiger charge is 2.31. The van der Waals surface area contributed by atoms with E-state index in [4.69, 9.17) is 10.8 Å². The molecule has 3 atom stereocenters. The molecule has 0 saturated carbocycles. The van der Waals surface area contributed by atoms with Gasteiger partial charge in [0.05, 0.1) is 6.54 Å². The van der Waals surface area contributed by atoms with Crippen molar-refractivity contribution in [3.05, 3.63) is 72.1 Å². The van der Waals surface area contributed by atoms with E-state index in [-0.39, 0.29) is 19.3 Å². The highest BCUT2D eigenvalue weighted by atomic mass is 16.4. The number of nitrogens with two attached hydrogens (primary N) is 1. The minimum absolute atomic E-state index is 0.0164. The van der Waals surface area contributed by atoms with Crippen molar-refractivity contribution in [1.82, 2.24) is 25.9 Å². The summed E-state index contributed by atoms with van der Waals surface area (Å²) in [7, 11) is 0. The van der Waals surface area contributed by atoms with Gasteiger partial charge in [0, 0.05) is 53.5 Å². The van der Waals surface area contributed by atoms with Gasteiger partial charge >= 0.3 is 11.9 Å². The van der Waals surface area contributed by atoms with Gasteiger partial charge in [-0.25, -0.2) is 4.79 Å². The van der Waals surface area contributed by atoms with Crippen LogP contribution in [0.3, 0.4) is 0 Å². The molecule has 42 heavy (non-hydrogen) atoms. The SMILES string of the molecule is NCC(=O)NC(CCC(=O)O)C(=O)NC(Cc1c[nH]c2ccccc12)C(=O)NC(Cc1c[nH]c2ccccc12)C(=O)O. The van der Waals surface area contributed by atoms with Crippen LogP contribution in [0.4, 0.5) is 0 Å². The second-order valence-electron chi connectivity index (χ2n) is 9.84. The number of aliphatic carboxylic acids is 2. The van der Waals surface area contributed by atoms with Crippen molar-refractivity contribution in [3.63, 3.8) is 0 Å². The van der Waals surface area contributed by atoms with Gasteiger partial charge in [-0.05, 0) is 29.7 Å². The average molecular weight is 577 g/mol. The van der Waals surface area contributed by atoms with Gasteiger partial charge in [-0.3, -0.25) is 19.2 Å². The molecule has 4 rings (SSSR count). The lowest BCUT2D eigenvalue weighted by atomic mass is 10.0. The van der Waals surface area contributed by atoms with E-state index in [9.17, 15) is 29.1 Å². The Hall–Kier alpha value is -5.17. The highest BCUT2D eigenvalue weighted by molar-refractivity contribution is 5.95. The molecule has 2 aromatic heterocycles. The summed E-state index contributed by atoms with van der Waals surface area (Å²) in [5.74, 6) is -4.68. The van der Waals surface area contributed by atoms with Gasteiger partial charge in [-0.2, -0.15) is 0 Å². The lowest BCUT2D eigenvalue weighted by Crippen LogP contribution is -2.57. The first-order chi connectivity index (χ1) is 20.2. The quantitative estimate of drug-likeness (QED) is 0.107. The second kappa shape index (κ2) is 13.5. The lowest BCUT2D eigenvalue weighted by molar-refractivity contribution is -0.142. The monoisotopic (exact) mass is 576 g/mol. The maximum atomic E-state index is 13.6. The van der Waals surface area contributed by atoms with Crippen LogP contribution in [0.25, 0.3) is 21.8 Å². The maximum absolute atomic E-state index is 13.6. The molecule has 0 aliphatic carbocycles. The van der Waals surface area contributed by atoms with Crippen LogP contribution >= 0.6 is 0 Å². The summed E-state index contributed by atoms with van der Waals surface area (Å²) in [6.07, 6.45) is 2.67. The van der Waals surface area contributed by atoms with Crippen LogP contribution < -0.4 is 21.7 Å². The van der Waals surface area contributed by atoms with E-state index < -0.39 is 60.8 Å². The van der Waals surface area contributed by atoms with Crippen LogP contribution in [0.1, 0.15) is 24.0 Å². The van der Waals surface area contributed by atoms with Crippen molar-refractivity contribution in [1.29, 1.82) is 0 Å². The second-order valence-corrected chi connectivity index (χ2v) is 9.84. The van der Waals surface area contributed by atoms with E-state index in [1.807, 2.05) is 48.5 Å². The Labute approximate surface area is 239 Å². The summed E-state index contributed by atoms with van der Waals surface area (Å²) in [6, 6.07) is 10.8. The Morgan fingerprint density at radius 3 is 1.74 bits per heavy atom. The number of carboxylic acid groups (broad SMARTS) is 2. The van der Waals surface area contributed by atoms with Gasteiger partial charge in [0.15, 0.2) is 0 Å². The van der Waals surface area contributed by atoms with Gasteiger partial charge in [0.1, 0.15) is 18.1 Å². The molecule has 0 fully saturated rings. The van der Waals surface area contributed by atoms with Gasteiger partial charge in [0.25, 0.3) is 0 Å². The number of nitrogens with one attached hydrogen (secondary N) is 5. The fourth-order valence-electron chi connectivity index (χ4n) is 4.78. The topological polar surface area (TPSA) is 219 Å². The van der Waals surface area contributed by atoms with Crippen LogP contribution in [0.5, 0.6) is 0 Å². The number of carbonyl (C=O) groups excluding carboxylic acids is 3. The number of hydrogen-bond acceptors (Lipinski definition) is 6. The van der Waals surface area contributed by atoms with Crippen molar-refractivity contribution in [2.75, 3.05) is 6.54 Å². The fourth-order valence-corrected chi connectivity index (χ4v) is 4.78. The zero-order chi connectivity index (χ0) is 30.2. The highest BCUT2D eigenvalue weighted by Crippen LogP contribution is 2.21. The Balaban J connectivity index is 1.59. The molecule has 220 valence electrons. The summed E-state index contributed by atoms with van der Waals surface area (Å²) < 4.78 is 0. The van der Waals surface area contributed by atoms with Gasteiger partial charge in [-0.1, -0.05) is 36.4 Å². The molecule has 4 aromatic rings. The number of benzene rings is 2. The number of carboxylic acids is 2. The van der Waals surface area contributed by atoms with Crippen molar-refractivity contribution in [3.8, 4) is 0 Å². The van der Waals surface area contributed by atoms with Gasteiger partial charge in [-0.15, -0.1) is 0 Å². The number of aromatic nitrogens is 2. The Bertz CT molecular complexity index is 1610. The molecule has 0 spiro atoms.